The summed E-state index contributed by atoms with van der Waals surface area (Å²) in [5.74, 6) is -0.608. The van der Waals surface area contributed by atoms with Gasteiger partial charge in [0, 0.05) is 6.42 Å². The lowest BCUT2D eigenvalue weighted by Crippen LogP contribution is -2.46. The second kappa shape index (κ2) is 49.5. The summed E-state index contributed by atoms with van der Waals surface area (Å²) in [4.78, 5) is 26.1. The molecular weight excluding hydrogens is 779 g/mol. The molecule has 0 radical (unpaired) electrons. The molecule has 0 aliphatic heterocycles. The number of aliphatic hydroxyl groups is 2. The summed E-state index contributed by atoms with van der Waals surface area (Å²) in [7, 11) is 0. The van der Waals surface area contributed by atoms with Gasteiger partial charge < -0.3 is 20.3 Å². The van der Waals surface area contributed by atoms with E-state index in [2.05, 4.69) is 135 Å². The van der Waals surface area contributed by atoms with Crippen molar-refractivity contribution in [3.8, 4) is 0 Å². The van der Waals surface area contributed by atoms with Crippen LogP contribution >= 0.6 is 0 Å². The molecule has 0 spiro atoms. The molecule has 0 fully saturated rings. The predicted octanol–water partition coefficient (Wildman–Crippen LogP) is 15.5. The monoisotopic (exact) mass is 874 g/mol. The first-order valence-corrected chi connectivity index (χ1v) is 25.6. The Balaban J connectivity index is 4.78. The molecule has 3 unspecified atom stereocenters. The van der Waals surface area contributed by atoms with Crippen LogP contribution < -0.4 is 5.32 Å². The Hall–Kier alpha value is -3.48. The zero-order chi connectivity index (χ0) is 45.9. The SMILES string of the molecule is CC/C=C\C/C=C\C/C=C\C/C=C\C/C=C\CCCC(=O)OC(CCC/C=C/C/C=C/C/C=C/C/C=C/CC)CC(=O)NC(CO)C(O)CCCCCCCCCCCCCCC. The first-order valence-electron chi connectivity index (χ1n) is 25.6. The summed E-state index contributed by atoms with van der Waals surface area (Å²) in [6.07, 6.45) is 67.2. The maximum absolute atomic E-state index is 13.2. The highest BCUT2D eigenvalue weighted by Crippen LogP contribution is 2.16. The van der Waals surface area contributed by atoms with Gasteiger partial charge in [-0.05, 0) is 96.3 Å². The molecule has 0 saturated heterocycles. The second-order valence-electron chi connectivity index (χ2n) is 16.8. The van der Waals surface area contributed by atoms with Gasteiger partial charge in [-0.25, -0.2) is 0 Å². The van der Waals surface area contributed by atoms with Gasteiger partial charge in [-0.1, -0.05) is 214 Å². The molecule has 6 nitrogen and oxygen atoms in total. The molecule has 0 bridgehead atoms. The van der Waals surface area contributed by atoms with E-state index >= 15 is 0 Å². The molecule has 63 heavy (non-hydrogen) atoms. The van der Waals surface area contributed by atoms with Crippen LogP contribution in [-0.4, -0.2) is 46.9 Å². The smallest absolute Gasteiger partial charge is 0.306 e. The number of amides is 1. The van der Waals surface area contributed by atoms with Crippen molar-refractivity contribution in [2.45, 2.75) is 232 Å². The van der Waals surface area contributed by atoms with E-state index in [0.717, 1.165) is 96.3 Å². The van der Waals surface area contributed by atoms with Gasteiger partial charge in [-0.15, -0.1) is 0 Å². The number of unbranched alkanes of at least 4 members (excludes halogenated alkanes) is 14. The number of aliphatic hydroxyl groups excluding tert-OH is 2. The zero-order valence-electron chi connectivity index (χ0n) is 40.7. The lowest BCUT2D eigenvalue weighted by Gasteiger charge is -2.24. The van der Waals surface area contributed by atoms with Crippen molar-refractivity contribution in [2.24, 2.45) is 0 Å². The van der Waals surface area contributed by atoms with Crippen LogP contribution in [-0.2, 0) is 14.3 Å². The van der Waals surface area contributed by atoms with E-state index in [1.165, 1.54) is 64.2 Å². The fourth-order valence-electron chi connectivity index (χ4n) is 7.05. The lowest BCUT2D eigenvalue weighted by molar-refractivity contribution is -0.151. The van der Waals surface area contributed by atoms with Gasteiger partial charge in [-0.2, -0.15) is 0 Å². The van der Waals surface area contributed by atoms with Crippen LogP contribution in [0.4, 0.5) is 0 Å². The lowest BCUT2D eigenvalue weighted by atomic mass is 10.0. The summed E-state index contributed by atoms with van der Waals surface area (Å²) in [6, 6.07) is -0.737. The molecule has 0 aliphatic rings. The molecule has 1 amide bonds. The minimum atomic E-state index is -0.818. The molecule has 0 heterocycles. The number of carbonyl (C=O) groups is 2. The van der Waals surface area contributed by atoms with E-state index in [-0.39, 0.29) is 24.9 Å². The maximum atomic E-state index is 13.2. The van der Waals surface area contributed by atoms with Crippen molar-refractivity contribution in [2.75, 3.05) is 6.61 Å². The highest BCUT2D eigenvalue weighted by atomic mass is 16.5. The van der Waals surface area contributed by atoms with E-state index < -0.39 is 18.2 Å². The van der Waals surface area contributed by atoms with Crippen LogP contribution in [0.25, 0.3) is 0 Å². The topological polar surface area (TPSA) is 95.9 Å². The third-order valence-corrected chi connectivity index (χ3v) is 10.8. The summed E-state index contributed by atoms with van der Waals surface area (Å²) < 4.78 is 5.87. The largest absolute Gasteiger partial charge is 0.462 e. The fraction of sp³-hybridized carbons (Fsp3) is 0.649. The number of hydrogen-bond acceptors (Lipinski definition) is 5. The number of ether oxygens (including phenoxy) is 1. The first kappa shape index (κ1) is 59.5. The summed E-state index contributed by atoms with van der Waals surface area (Å²) in [6.45, 7) is 6.21. The molecule has 0 aromatic rings. The Bertz CT molecular complexity index is 1300. The van der Waals surface area contributed by atoms with Crippen LogP contribution in [0, 0.1) is 0 Å². The van der Waals surface area contributed by atoms with Gasteiger partial charge in [-0.3, -0.25) is 9.59 Å². The van der Waals surface area contributed by atoms with Crippen molar-refractivity contribution >= 4 is 11.9 Å². The van der Waals surface area contributed by atoms with Gasteiger partial charge >= 0.3 is 5.97 Å². The van der Waals surface area contributed by atoms with Crippen molar-refractivity contribution in [3.63, 3.8) is 0 Å². The van der Waals surface area contributed by atoms with Crippen LogP contribution in [0.5, 0.6) is 0 Å². The number of nitrogens with one attached hydrogen (secondary N) is 1. The predicted molar refractivity (Wildman–Crippen MR) is 273 cm³/mol. The third-order valence-electron chi connectivity index (χ3n) is 10.8. The van der Waals surface area contributed by atoms with E-state index in [1.807, 2.05) is 0 Å². The molecule has 0 aromatic carbocycles. The Kier molecular flexibility index (Phi) is 46.8. The highest BCUT2D eigenvalue weighted by Gasteiger charge is 2.24. The number of allylic oxidation sites excluding steroid dienone is 18. The molecule has 0 aliphatic carbocycles. The molecule has 0 rings (SSSR count). The third kappa shape index (κ3) is 44.9. The molecule has 6 heteroatoms. The zero-order valence-corrected chi connectivity index (χ0v) is 40.7. The summed E-state index contributed by atoms with van der Waals surface area (Å²) in [5, 5.41) is 23.7. The van der Waals surface area contributed by atoms with Crippen molar-refractivity contribution < 1.29 is 24.5 Å². The number of carbonyl (C=O) groups excluding carboxylic acids is 2. The fourth-order valence-corrected chi connectivity index (χ4v) is 7.05. The Labute approximate surface area is 388 Å². The Morgan fingerprint density at radius 2 is 0.857 bits per heavy atom. The average Bonchev–Trinajstić information content (AvgIpc) is 3.28. The minimum absolute atomic E-state index is 0.0106. The van der Waals surface area contributed by atoms with Crippen LogP contribution in [0.3, 0.4) is 0 Å². The average molecular weight is 874 g/mol. The van der Waals surface area contributed by atoms with Gasteiger partial charge in [0.15, 0.2) is 0 Å². The van der Waals surface area contributed by atoms with Crippen molar-refractivity contribution in [3.05, 3.63) is 109 Å². The number of rotatable bonds is 44. The van der Waals surface area contributed by atoms with E-state index in [9.17, 15) is 19.8 Å². The van der Waals surface area contributed by atoms with Gasteiger partial charge in [0.2, 0.25) is 5.91 Å². The summed E-state index contributed by atoms with van der Waals surface area (Å²) >= 11 is 0. The minimum Gasteiger partial charge on any atom is -0.462 e. The van der Waals surface area contributed by atoms with Gasteiger partial charge in [0.1, 0.15) is 6.10 Å². The van der Waals surface area contributed by atoms with Crippen LogP contribution in [0.2, 0.25) is 0 Å². The summed E-state index contributed by atoms with van der Waals surface area (Å²) in [5.41, 5.74) is 0. The van der Waals surface area contributed by atoms with E-state index in [4.69, 9.17) is 4.74 Å². The van der Waals surface area contributed by atoms with E-state index in [1.54, 1.807) is 0 Å². The Morgan fingerprint density at radius 3 is 1.27 bits per heavy atom. The van der Waals surface area contributed by atoms with E-state index in [0.29, 0.717) is 25.7 Å². The molecule has 0 aromatic heterocycles. The van der Waals surface area contributed by atoms with Crippen LogP contribution in [0.1, 0.15) is 213 Å². The quantitative estimate of drug-likeness (QED) is 0.0322. The maximum Gasteiger partial charge on any atom is 0.306 e. The standard InChI is InChI=1S/C57H95NO5/c1-4-7-10-13-16-19-22-25-27-28-29-32-35-38-41-44-47-50-57(62)63-53(48-45-42-39-36-33-31-26-23-20-17-14-11-8-5-2)51-56(61)58-54(52-59)55(60)49-46-43-40-37-34-30-24-21-18-15-12-9-6-3/h7-8,10-11,16-17,19-20,25-27,29,31-32,36,38-39,41,53-55,59-60H,4-6,9,12-15,18,21-24,28,30,33-35,37,40,42-52H2,1-3H3,(H,58,61)/b10-7-,11-8+,19-16-,20-17+,27-25-,31-26+,32-29-,39-36+,41-38-. The van der Waals surface area contributed by atoms with Crippen molar-refractivity contribution in [1.82, 2.24) is 5.32 Å². The van der Waals surface area contributed by atoms with Crippen molar-refractivity contribution in [1.29, 1.82) is 0 Å². The first-order chi connectivity index (χ1) is 31.0. The number of esters is 1. The second-order valence-corrected chi connectivity index (χ2v) is 16.8. The van der Waals surface area contributed by atoms with Crippen LogP contribution in [0.15, 0.2) is 109 Å². The molecule has 3 N–H and O–H groups in total. The normalized spacial score (nSPS) is 14.2. The van der Waals surface area contributed by atoms with Gasteiger partial charge in [0.25, 0.3) is 0 Å². The van der Waals surface area contributed by atoms with Gasteiger partial charge in [0.05, 0.1) is 25.2 Å². The Morgan fingerprint density at radius 1 is 0.476 bits per heavy atom. The molecule has 3 atom stereocenters. The number of hydrogen-bond donors (Lipinski definition) is 3. The molecule has 358 valence electrons. The highest BCUT2D eigenvalue weighted by molar-refractivity contribution is 5.77. The molecular formula is C57H95NO5. The molecule has 0 saturated carbocycles.